The minimum absolute atomic E-state index is 0.848. The molecule has 2 heterocycles. The van der Waals surface area contributed by atoms with Crippen molar-refractivity contribution in [3.63, 3.8) is 0 Å². The summed E-state index contributed by atoms with van der Waals surface area (Å²) in [5.41, 5.74) is 2.63. The molecule has 0 amide bonds. The molecule has 3 rings (SSSR count). The van der Waals surface area contributed by atoms with Gasteiger partial charge in [0.2, 0.25) is 0 Å². The fourth-order valence-electron chi connectivity index (χ4n) is 2.94. The van der Waals surface area contributed by atoms with E-state index in [0.717, 1.165) is 23.5 Å². The summed E-state index contributed by atoms with van der Waals surface area (Å²) < 4.78 is 1.15. The van der Waals surface area contributed by atoms with Crippen LogP contribution in [-0.2, 0) is 0 Å². The van der Waals surface area contributed by atoms with Crippen molar-refractivity contribution in [3.8, 4) is 0 Å². The molecule has 98 valence electrons. The van der Waals surface area contributed by atoms with Crippen molar-refractivity contribution in [2.75, 3.05) is 42.9 Å². The number of fused-ring (bicyclic) bond motifs is 1. The lowest BCUT2D eigenvalue weighted by Crippen LogP contribution is -2.40. The van der Waals surface area contributed by atoms with Crippen LogP contribution in [0.4, 0.5) is 11.4 Å². The Hall–Kier alpha value is -0.740. The Morgan fingerprint density at radius 3 is 2.89 bits per heavy atom. The van der Waals surface area contributed by atoms with Gasteiger partial charge < -0.3 is 15.5 Å². The van der Waals surface area contributed by atoms with Crippen LogP contribution in [0.5, 0.6) is 0 Å². The van der Waals surface area contributed by atoms with Gasteiger partial charge in [0.15, 0.2) is 0 Å². The van der Waals surface area contributed by atoms with Gasteiger partial charge in [-0.05, 0) is 50.0 Å². The normalized spacial score (nSPS) is 20.4. The molecule has 1 aromatic rings. The van der Waals surface area contributed by atoms with E-state index >= 15 is 0 Å². The first-order chi connectivity index (χ1) is 8.83. The predicted octanol–water partition coefficient (Wildman–Crippen LogP) is 2.68. The lowest BCUT2D eigenvalue weighted by Gasteiger charge is -2.36. The molecular formula is C14H20BrN3. The Bertz CT molecular complexity index is 416. The number of anilines is 2. The number of halogens is 1. The van der Waals surface area contributed by atoms with Crippen molar-refractivity contribution >= 4 is 27.3 Å². The van der Waals surface area contributed by atoms with Crippen molar-refractivity contribution in [1.29, 1.82) is 0 Å². The van der Waals surface area contributed by atoms with E-state index in [0.29, 0.717) is 0 Å². The fourth-order valence-corrected chi connectivity index (χ4v) is 3.30. The van der Waals surface area contributed by atoms with Crippen LogP contribution >= 0.6 is 15.9 Å². The number of hydrogen-bond donors (Lipinski definition) is 2. The van der Waals surface area contributed by atoms with Gasteiger partial charge in [-0.15, -0.1) is 0 Å². The summed E-state index contributed by atoms with van der Waals surface area (Å²) in [7, 11) is 0. The quantitative estimate of drug-likeness (QED) is 0.879. The summed E-state index contributed by atoms with van der Waals surface area (Å²) in [5, 5.41) is 6.93. The molecule has 2 N–H and O–H groups in total. The fraction of sp³-hybridized carbons (Fsp3) is 0.571. The van der Waals surface area contributed by atoms with E-state index in [9.17, 15) is 0 Å². The summed E-state index contributed by atoms with van der Waals surface area (Å²) in [6.07, 6.45) is 2.63. The number of nitrogens with zero attached hydrogens (tertiary/aromatic N) is 1. The Labute approximate surface area is 117 Å². The van der Waals surface area contributed by atoms with E-state index in [1.165, 1.54) is 43.9 Å². The topological polar surface area (TPSA) is 27.3 Å². The van der Waals surface area contributed by atoms with E-state index in [1.807, 2.05) is 0 Å². The maximum absolute atomic E-state index is 3.54. The summed E-state index contributed by atoms with van der Waals surface area (Å²) in [6.45, 7) is 5.75. The molecule has 1 fully saturated rings. The first-order valence-corrected chi connectivity index (χ1v) is 7.61. The lowest BCUT2D eigenvalue weighted by molar-refractivity contribution is 0.374. The van der Waals surface area contributed by atoms with E-state index in [1.54, 1.807) is 0 Å². The monoisotopic (exact) mass is 309 g/mol. The number of rotatable bonds is 2. The third kappa shape index (κ3) is 2.64. The molecule has 0 radical (unpaired) electrons. The second-order valence-electron chi connectivity index (χ2n) is 5.23. The minimum atomic E-state index is 0.848. The molecular weight excluding hydrogens is 290 g/mol. The molecule has 1 saturated heterocycles. The number of benzene rings is 1. The largest absolute Gasteiger partial charge is 0.382 e. The van der Waals surface area contributed by atoms with Gasteiger partial charge in [-0.1, -0.05) is 15.9 Å². The smallest absolute Gasteiger partial charge is 0.0603 e. The molecule has 0 spiro atoms. The summed E-state index contributed by atoms with van der Waals surface area (Å²) in [6, 6.07) is 6.55. The van der Waals surface area contributed by atoms with Gasteiger partial charge >= 0.3 is 0 Å². The molecule has 18 heavy (non-hydrogen) atoms. The van der Waals surface area contributed by atoms with Crippen LogP contribution < -0.4 is 15.5 Å². The zero-order valence-electron chi connectivity index (χ0n) is 10.6. The molecule has 0 atom stereocenters. The van der Waals surface area contributed by atoms with Crippen molar-refractivity contribution < 1.29 is 0 Å². The van der Waals surface area contributed by atoms with Gasteiger partial charge in [-0.2, -0.15) is 0 Å². The zero-order valence-corrected chi connectivity index (χ0v) is 12.2. The van der Waals surface area contributed by atoms with Gasteiger partial charge in [0.1, 0.15) is 0 Å². The highest BCUT2D eigenvalue weighted by Crippen LogP contribution is 2.32. The van der Waals surface area contributed by atoms with Gasteiger partial charge in [0.05, 0.1) is 11.4 Å². The van der Waals surface area contributed by atoms with Crippen molar-refractivity contribution in [2.45, 2.75) is 12.8 Å². The Balaban J connectivity index is 1.74. The summed E-state index contributed by atoms with van der Waals surface area (Å²) in [4.78, 5) is 2.55. The third-order valence-corrected chi connectivity index (χ3v) is 4.43. The van der Waals surface area contributed by atoms with Crippen LogP contribution in [-0.4, -0.2) is 32.7 Å². The molecule has 3 nitrogen and oxygen atoms in total. The van der Waals surface area contributed by atoms with E-state index in [2.05, 4.69) is 49.7 Å². The second kappa shape index (κ2) is 5.49. The highest BCUT2D eigenvalue weighted by atomic mass is 79.9. The zero-order chi connectivity index (χ0) is 12.4. The van der Waals surface area contributed by atoms with Crippen LogP contribution in [0.3, 0.4) is 0 Å². The van der Waals surface area contributed by atoms with E-state index in [-0.39, 0.29) is 0 Å². The number of hydrogen-bond acceptors (Lipinski definition) is 3. The standard InChI is InChI=1S/C14H20BrN3/c15-12-1-2-14-13(9-12)17-7-8-18(14)10-11-3-5-16-6-4-11/h1-2,9,11,16-17H,3-8,10H2. The van der Waals surface area contributed by atoms with Crippen LogP contribution in [0, 0.1) is 5.92 Å². The average molecular weight is 310 g/mol. The SMILES string of the molecule is Brc1ccc2c(c1)NCCN2CC1CCNCC1. The highest BCUT2D eigenvalue weighted by molar-refractivity contribution is 9.10. The Kier molecular flexibility index (Phi) is 3.75. The molecule has 2 aliphatic heterocycles. The van der Waals surface area contributed by atoms with Crippen LogP contribution in [0.15, 0.2) is 22.7 Å². The van der Waals surface area contributed by atoms with Crippen molar-refractivity contribution in [3.05, 3.63) is 22.7 Å². The number of piperidine rings is 1. The molecule has 2 aliphatic rings. The van der Waals surface area contributed by atoms with Crippen molar-refractivity contribution in [1.82, 2.24) is 5.32 Å². The summed E-state index contributed by atoms with van der Waals surface area (Å²) >= 11 is 3.54. The van der Waals surface area contributed by atoms with Gasteiger partial charge in [-0.25, -0.2) is 0 Å². The Morgan fingerprint density at radius 2 is 2.06 bits per heavy atom. The molecule has 4 heteroatoms. The lowest BCUT2D eigenvalue weighted by atomic mass is 9.97. The third-order valence-electron chi connectivity index (χ3n) is 3.93. The van der Waals surface area contributed by atoms with Crippen LogP contribution in [0.25, 0.3) is 0 Å². The minimum Gasteiger partial charge on any atom is -0.382 e. The molecule has 0 aliphatic carbocycles. The molecule has 0 bridgehead atoms. The highest BCUT2D eigenvalue weighted by Gasteiger charge is 2.21. The molecule has 0 unspecified atom stereocenters. The van der Waals surface area contributed by atoms with E-state index in [4.69, 9.17) is 0 Å². The maximum atomic E-state index is 3.54. The maximum Gasteiger partial charge on any atom is 0.0603 e. The molecule has 0 saturated carbocycles. The van der Waals surface area contributed by atoms with Crippen LogP contribution in [0.2, 0.25) is 0 Å². The number of nitrogens with one attached hydrogen (secondary N) is 2. The Morgan fingerprint density at radius 1 is 1.22 bits per heavy atom. The first-order valence-electron chi connectivity index (χ1n) is 6.82. The predicted molar refractivity (Wildman–Crippen MR) is 80.4 cm³/mol. The van der Waals surface area contributed by atoms with Crippen LogP contribution in [0.1, 0.15) is 12.8 Å². The summed E-state index contributed by atoms with van der Waals surface area (Å²) in [5.74, 6) is 0.848. The average Bonchev–Trinajstić information content (AvgIpc) is 2.40. The van der Waals surface area contributed by atoms with Gasteiger partial charge in [0.25, 0.3) is 0 Å². The second-order valence-corrected chi connectivity index (χ2v) is 6.14. The molecule has 0 aromatic heterocycles. The van der Waals surface area contributed by atoms with E-state index < -0.39 is 0 Å². The first kappa shape index (κ1) is 12.3. The van der Waals surface area contributed by atoms with Gasteiger partial charge in [-0.3, -0.25) is 0 Å². The van der Waals surface area contributed by atoms with Gasteiger partial charge in [0, 0.05) is 24.1 Å². The molecule has 1 aromatic carbocycles. The van der Waals surface area contributed by atoms with Crippen molar-refractivity contribution in [2.24, 2.45) is 5.92 Å².